The van der Waals surface area contributed by atoms with Crippen LogP contribution in [0.4, 0.5) is 0 Å². The Morgan fingerprint density at radius 1 is 1.18 bits per heavy atom. The van der Waals surface area contributed by atoms with Gasteiger partial charge in [0.2, 0.25) is 0 Å². The largest absolute Gasteiger partial charge is 0.468 e. The first-order valence-electron chi connectivity index (χ1n) is 7.16. The molecular formula is C17H17ClO4. The smallest absolute Gasteiger partial charge is 0.324 e. The topological polar surface area (TPSA) is 52.6 Å². The Bertz CT molecular complexity index is 636. The third kappa shape index (κ3) is 1.90. The van der Waals surface area contributed by atoms with Crippen LogP contribution < -0.4 is 0 Å². The van der Waals surface area contributed by atoms with E-state index in [4.69, 9.17) is 21.1 Å². The van der Waals surface area contributed by atoms with Gasteiger partial charge in [0.15, 0.2) is 5.41 Å². The molecular weight excluding hydrogens is 304 g/mol. The summed E-state index contributed by atoms with van der Waals surface area (Å²) < 4.78 is 9.98. The molecule has 0 N–H and O–H groups in total. The Hall–Kier alpha value is -1.81. The van der Waals surface area contributed by atoms with E-state index in [1.165, 1.54) is 14.2 Å². The molecule has 3 unspecified atom stereocenters. The van der Waals surface area contributed by atoms with Crippen LogP contribution in [0.5, 0.6) is 0 Å². The summed E-state index contributed by atoms with van der Waals surface area (Å²) in [5.41, 5.74) is -0.465. The number of hydrogen-bond donors (Lipinski definition) is 0. The molecule has 1 aromatic carbocycles. The van der Waals surface area contributed by atoms with Crippen LogP contribution in [0.2, 0.25) is 5.02 Å². The predicted octanol–water partition coefficient (Wildman–Crippen LogP) is 2.96. The zero-order valence-electron chi connectivity index (χ0n) is 12.4. The number of fused-ring (bicyclic) bond motifs is 2. The van der Waals surface area contributed by atoms with E-state index in [1.807, 2.05) is 18.2 Å². The molecule has 0 saturated heterocycles. The average Bonchev–Trinajstić information content (AvgIpc) is 3.12. The molecule has 3 atom stereocenters. The first kappa shape index (κ1) is 15.1. The number of esters is 2. The number of halogens is 1. The van der Waals surface area contributed by atoms with Crippen molar-refractivity contribution < 1.29 is 19.1 Å². The summed E-state index contributed by atoms with van der Waals surface area (Å²) in [4.78, 5) is 25.2. The monoisotopic (exact) mass is 320 g/mol. The fourth-order valence-electron chi connectivity index (χ4n) is 4.07. The highest BCUT2D eigenvalue weighted by molar-refractivity contribution is 6.30. The van der Waals surface area contributed by atoms with E-state index in [9.17, 15) is 9.59 Å². The number of allylic oxidation sites excluding steroid dienone is 2. The van der Waals surface area contributed by atoms with E-state index in [0.717, 1.165) is 12.0 Å². The minimum absolute atomic E-state index is 0.0988. The van der Waals surface area contributed by atoms with Crippen LogP contribution in [-0.2, 0) is 19.1 Å². The standard InChI is InChI=1S/C17H17ClO4/c1-21-15(19)17(16(20)22-2)12-7-6-11(8-12)14(17)10-4-3-5-13(18)9-10/h3-7,9,11-12,14H,8H2,1-2H3. The first-order chi connectivity index (χ1) is 10.6. The zero-order valence-corrected chi connectivity index (χ0v) is 13.2. The van der Waals surface area contributed by atoms with Crippen LogP contribution in [0.1, 0.15) is 17.9 Å². The number of carbonyl (C=O) groups is 2. The van der Waals surface area contributed by atoms with Gasteiger partial charge in [-0.05, 0) is 30.0 Å². The molecule has 22 heavy (non-hydrogen) atoms. The Morgan fingerprint density at radius 3 is 2.45 bits per heavy atom. The van der Waals surface area contributed by atoms with Crippen LogP contribution in [0, 0.1) is 17.3 Å². The van der Waals surface area contributed by atoms with Gasteiger partial charge in [-0.3, -0.25) is 9.59 Å². The summed E-state index contributed by atoms with van der Waals surface area (Å²) in [5, 5.41) is 0.577. The van der Waals surface area contributed by atoms with Gasteiger partial charge < -0.3 is 9.47 Å². The van der Waals surface area contributed by atoms with E-state index in [2.05, 4.69) is 6.08 Å². The van der Waals surface area contributed by atoms with Gasteiger partial charge in [-0.1, -0.05) is 35.9 Å². The van der Waals surface area contributed by atoms with Gasteiger partial charge in [0.25, 0.3) is 0 Å². The van der Waals surface area contributed by atoms with Crippen molar-refractivity contribution >= 4 is 23.5 Å². The number of benzene rings is 1. The highest BCUT2D eigenvalue weighted by Gasteiger charge is 2.67. The summed E-state index contributed by atoms with van der Waals surface area (Å²) in [5.74, 6) is -1.51. The molecule has 3 rings (SSSR count). The van der Waals surface area contributed by atoms with E-state index in [1.54, 1.807) is 12.1 Å². The van der Waals surface area contributed by atoms with Gasteiger partial charge in [-0.15, -0.1) is 0 Å². The third-order valence-corrected chi connectivity index (χ3v) is 5.11. The van der Waals surface area contributed by atoms with Gasteiger partial charge in [-0.2, -0.15) is 0 Å². The second-order valence-electron chi connectivity index (χ2n) is 5.78. The summed E-state index contributed by atoms with van der Waals surface area (Å²) in [6, 6.07) is 7.30. The quantitative estimate of drug-likeness (QED) is 0.488. The number of methoxy groups -OCH3 is 2. The van der Waals surface area contributed by atoms with E-state index in [0.29, 0.717) is 5.02 Å². The highest BCUT2D eigenvalue weighted by atomic mass is 35.5. The van der Waals surface area contributed by atoms with E-state index >= 15 is 0 Å². The molecule has 1 saturated carbocycles. The fraction of sp³-hybridized carbons (Fsp3) is 0.412. The second-order valence-corrected chi connectivity index (χ2v) is 6.21. The van der Waals surface area contributed by atoms with Gasteiger partial charge in [0, 0.05) is 16.9 Å². The Kier molecular flexibility index (Phi) is 3.73. The van der Waals surface area contributed by atoms with Crippen molar-refractivity contribution in [2.24, 2.45) is 17.3 Å². The van der Waals surface area contributed by atoms with Gasteiger partial charge in [0.1, 0.15) is 0 Å². The maximum atomic E-state index is 12.6. The third-order valence-electron chi connectivity index (χ3n) is 4.87. The van der Waals surface area contributed by atoms with Crippen LogP contribution in [-0.4, -0.2) is 26.2 Å². The van der Waals surface area contributed by atoms with Crippen LogP contribution in [0.15, 0.2) is 36.4 Å². The summed E-state index contributed by atoms with van der Waals surface area (Å²) >= 11 is 6.10. The van der Waals surface area contributed by atoms with Gasteiger partial charge in [-0.25, -0.2) is 0 Å². The van der Waals surface area contributed by atoms with Gasteiger partial charge in [0.05, 0.1) is 14.2 Å². The van der Waals surface area contributed by atoms with Crippen molar-refractivity contribution in [1.82, 2.24) is 0 Å². The number of rotatable bonds is 3. The van der Waals surface area contributed by atoms with Crippen LogP contribution >= 0.6 is 11.6 Å². The molecule has 5 heteroatoms. The first-order valence-corrected chi connectivity index (χ1v) is 7.54. The predicted molar refractivity (Wildman–Crippen MR) is 81.4 cm³/mol. The lowest BCUT2D eigenvalue weighted by Gasteiger charge is -2.37. The molecule has 1 aromatic rings. The average molecular weight is 321 g/mol. The summed E-state index contributed by atoms with van der Waals surface area (Å²) in [6.45, 7) is 0. The van der Waals surface area contributed by atoms with Crippen molar-refractivity contribution in [3.63, 3.8) is 0 Å². The highest BCUT2D eigenvalue weighted by Crippen LogP contribution is 2.61. The lowest BCUT2D eigenvalue weighted by Crippen LogP contribution is -2.49. The molecule has 0 heterocycles. The minimum Gasteiger partial charge on any atom is -0.468 e. The Morgan fingerprint density at radius 2 is 1.86 bits per heavy atom. The Labute approximate surface area is 134 Å². The number of carbonyl (C=O) groups excluding carboxylic acids is 2. The molecule has 2 bridgehead atoms. The van der Waals surface area contributed by atoms with Crippen molar-refractivity contribution in [1.29, 1.82) is 0 Å². The lowest BCUT2D eigenvalue weighted by molar-refractivity contribution is -0.172. The maximum Gasteiger partial charge on any atom is 0.324 e. The molecule has 0 aliphatic heterocycles. The molecule has 2 aliphatic carbocycles. The van der Waals surface area contributed by atoms with Crippen LogP contribution in [0.25, 0.3) is 0 Å². The van der Waals surface area contributed by atoms with Crippen molar-refractivity contribution in [2.75, 3.05) is 14.2 Å². The molecule has 0 amide bonds. The fourth-order valence-corrected chi connectivity index (χ4v) is 4.27. The van der Waals surface area contributed by atoms with Crippen molar-refractivity contribution in [2.45, 2.75) is 12.3 Å². The Balaban J connectivity index is 2.19. The summed E-state index contributed by atoms with van der Waals surface area (Å²) in [6.07, 6.45) is 4.74. The number of ether oxygens (including phenoxy) is 2. The van der Waals surface area contributed by atoms with Crippen LogP contribution in [0.3, 0.4) is 0 Å². The zero-order chi connectivity index (χ0) is 15.9. The second kappa shape index (κ2) is 5.43. The maximum absolute atomic E-state index is 12.6. The molecule has 4 nitrogen and oxygen atoms in total. The molecule has 0 spiro atoms. The lowest BCUT2D eigenvalue weighted by atomic mass is 9.65. The molecule has 1 fully saturated rings. The molecule has 0 aromatic heterocycles. The van der Waals surface area contributed by atoms with E-state index in [-0.39, 0.29) is 17.8 Å². The molecule has 0 radical (unpaired) electrons. The number of hydrogen-bond acceptors (Lipinski definition) is 4. The normalized spacial score (nSPS) is 27.7. The van der Waals surface area contributed by atoms with Gasteiger partial charge >= 0.3 is 11.9 Å². The minimum atomic E-state index is -1.33. The van der Waals surface area contributed by atoms with E-state index < -0.39 is 17.4 Å². The SMILES string of the molecule is COC(=O)C1(C(=O)OC)C2C=CC(C2)C1c1cccc(Cl)c1. The summed E-state index contributed by atoms with van der Waals surface area (Å²) in [7, 11) is 2.61. The van der Waals surface area contributed by atoms with Crippen molar-refractivity contribution in [3.8, 4) is 0 Å². The molecule has 2 aliphatic rings. The van der Waals surface area contributed by atoms with Crippen molar-refractivity contribution in [3.05, 3.63) is 47.0 Å². The molecule has 116 valence electrons.